The van der Waals surface area contributed by atoms with Crippen molar-refractivity contribution in [1.82, 2.24) is 9.80 Å². The topological polar surface area (TPSA) is 91.3 Å². The van der Waals surface area contributed by atoms with Crippen molar-refractivity contribution in [3.63, 3.8) is 0 Å². The van der Waals surface area contributed by atoms with Gasteiger partial charge in [0.15, 0.2) is 0 Å². The number of rotatable bonds is 6. The van der Waals surface area contributed by atoms with E-state index in [1.807, 2.05) is 32.3 Å². The highest BCUT2D eigenvalue weighted by Crippen LogP contribution is 2.47. The summed E-state index contributed by atoms with van der Waals surface area (Å²) >= 11 is 0. The van der Waals surface area contributed by atoms with Gasteiger partial charge in [-0.1, -0.05) is 0 Å². The molecule has 0 saturated carbocycles. The van der Waals surface area contributed by atoms with Crippen molar-refractivity contribution in [1.29, 1.82) is 0 Å². The molecule has 8 nitrogen and oxygen atoms in total. The third kappa shape index (κ3) is 4.45. The summed E-state index contributed by atoms with van der Waals surface area (Å²) in [6.07, 6.45) is -0.171. The molecule has 2 N–H and O–H groups in total. The molecule has 2 amide bonds. The number of aliphatic hydroxyl groups is 1. The molecular formula is C20H29N3O5. The van der Waals surface area contributed by atoms with E-state index in [4.69, 9.17) is 9.47 Å². The first kappa shape index (κ1) is 20.6. The molecule has 154 valence electrons. The van der Waals surface area contributed by atoms with E-state index in [9.17, 15) is 14.7 Å². The Kier molecular flexibility index (Phi) is 6.22. The second kappa shape index (κ2) is 8.46. The van der Waals surface area contributed by atoms with Crippen LogP contribution >= 0.6 is 0 Å². The molecule has 0 aliphatic carbocycles. The molecule has 2 heterocycles. The van der Waals surface area contributed by atoms with E-state index in [1.54, 1.807) is 23.9 Å². The van der Waals surface area contributed by atoms with Gasteiger partial charge in [0, 0.05) is 31.3 Å². The molecule has 2 aliphatic heterocycles. The lowest BCUT2D eigenvalue weighted by molar-refractivity contribution is -0.147. The van der Waals surface area contributed by atoms with Crippen molar-refractivity contribution in [2.75, 3.05) is 46.7 Å². The lowest BCUT2D eigenvalue weighted by Crippen LogP contribution is -2.47. The van der Waals surface area contributed by atoms with Gasteiger partial charge >= 0.3 is 0 Å². The number of nitrogens with zero attached hydrogens (tertiary/aromatic N) is 2. The number of ether oxygens (including phenoxy) is 2. The number of fused-ring (bicyclic) bond motifs is 3. The second-order valence-corrected chi connectivity index (χ2v) is 7.93. The molecule has 8 heteroatoms. The Morgan fingerprint density at radius 3 is 2.64 bits per heavy atom. The zero-order valence-electron chi connectivity index (χ0n) is 16.8. The monoisotopic (exact) mass is 391 g/mol. The molecule has 3 rings (SSSR count). The van der Waals surface area contributed by atoms with E-state index < -0.39 is 6.10 Å². The summed E-state index contributed by atoms with van der Waals surface area (Å²) in [6, 6.07) is 5.58. The number of nitrogens with one attached hydrogen (secondary N) is 1. The molecule has 4 atom stereocenters. The predicted molar refractivity (Wildman–Crippen MR) is 104 cm³/mol. The maximum atomic E-state index is 12.1. The number of aliphatic hydroxyl groups excluding tert-OH is 1. The Bertz CT molecular complexity index is 737. The van der Waals surface area contributed by atoms with Gasteiger partial charge < -0.3 is 29.7 Å². The Morgan fingerprint density at radius 2 is 2.00 bits per heavy atom. The molecule has 1 aromatic rings. The number of carbonyl (C=O) groups excluding carboxylic acids is 2. The molecule has 1 aromatic carbocycles. The summed E-state index contributed by atoms with van der Waals surface area (Å²) in [5.74, 6) is 0.646. The molecule has 2 aliphatic rings. The van der Waals surface area contributed by atoms with Crippen LogP contribution in [0.25, 0.3) is 0 Å². The number of hydrogen-bond acceptors (Lipinski definition) is 6. The Labute approximate surface area is 165 Å². The van der Waals surface area contributed by atoms with Gasteiger partial charge in [-0.3, -0.25) is 9.59 Å². The van der Waals surface area contributed by atoms with Crippen molar-refractivity contribution in [3.8, 4) is 5.75 Å². The lowest BCUT2D eigenvalue weighted by atomic mass is 9.84. The molecule has 0 unspecified atom stereocenters. The molecule has 0 bridgehead atoms. The average molecular weight is 391 g/mol. The van der Waals surface area contributed by atoms with Crippen molar-refractivity contribution in [2.24, 2.45) is 0 Å². The first-order valence-corrected chi connectivity index (χ1v) is 9.50. The smallest absolute Gasteiger partial charge is 0.238 e. The van der Waals surface area contributed by atoms with Gasteiger partial charge in [-0.05, 0) is 38.7 Å². The quantitative estimate of drug-likeness (QED) is 0.740. The fraction of sp³-hybridized carbons (Fsp3) is 0.600. The minimum atomic E-state index is -0.488. The summed E-state index contributed by atoms with van der Waals surface area (Å²) in [5.41, 5.74) is 1.69. The van der Waals surface area contributed by atoms with Crippen LogP contribution in [0.15, 0.2) is 18.2 Å². The van der Waals surface area contributed by atoms with Crippen molar-refractivity contribution >= 4 is 17.5 Å². The van der Waals surface area contributed by atoms with Crippen molar-refractivity contribution in [2.45, 2.75) is 37.1 Å². The Balaban J connectivity index is 1.78. The van der Waals surface area contributed by atoms with Gasteiger partial charge in [0.05, 0.1) is 25.7 Å². The second-order valence-electron chi connectivity index (χ2n) is 7.93. The molecule has 0 spiro atoms. The highest BCUT2D eigenvalue weighted by atomic mass is 16.6. The van der Waals surface area contributed by atoms with Crippen LogP contribution in [0.3, 0.4) is 0 Å². The lowest BCUT2D eigenvalue weighted by Gasteiger charge is -2.37. The van der Waals surface area contributed by atoms with Gasteiger partial charge in [-0.15, -0.1) is 0 Å². The number of amides is 2. The van der Waals surface area contributed by atoms with Gasteiger partial charge in [-0.25, -0.2) is 0 Å². The van der Waals surface area contributed by atoms with Crippen LogP contribution in [0.4, 0.5) is 5.69 Å². The highest BCUT2D eigenvalue weighted by Gasteiger charge is 2.46. The van der Waals surface area contributed by atoms with Crippen LogP contribution in [-0.2, 0) is 14.3 Å². The largest absolute Gasteiger partial charge is 0.487 e. The zero-order chi connectivity index (χ0) is 20.4. The number of hydrogen-bond donors (Lipinski definition) is 2. The van der Waals surface area contributed by atoms with Crippen LogP contribution in [0.5, 0.6) is 5.75 Å². The minimum Gasteiger partial charge on any atom is -0.487 e. The summed E-state index contributed by atoms with van der Waals surface area (Å²) in [5, 5.41) is 12.7. The molecule has 1 fully saturated rings. The predicted octanol–water partition coefficient (Wildman–Crippen LogP) is 0.659. The van der Waals surface area contributed by atoms with E-state index in [-0.39, 0.29) is 43.0 Å². The van der Waals surface area contributed by atoms with Crippen LogP contribution in [0.1, 0.15) is 24.3 Å². The molecule has 0 aromatic heterocycles. The van der Waals surface area contributed by atoms with E-state index >= 15 is 0 Å². The fourth-order valence-electron chi connectivity index (χ4n) is 3.83. The Hall–Kier alpha value is -2.16. The van der Waals surface area contributed by atoms with Gasteiger partial charge in [0.25, 0.3) is 0 Å². The summed E-state index contributed by atoms with van der Waals surface area (Å²) in [6.45, 7) is 0.128. The Morgan fingerprint density at radius 1 is 1.25 bits per heavy atom. The molecule has 28 heavy (non-hydrogen) atoms. The van der Waals surface area contributed by atoms with Crippen molar-refractivity contribution < 1.29 is 24.2 Å². The normalized spacial score (nSPS) is 25.6. The third-order valence-corrected chi connectivity index (χ3v) is 5.14. The van der Waals surface area contributed by atoms with Gasteiger partial charge in [0.2, 0.25) is 11.8 Å². The maximum Gasteiger partial charge on any atom is 0.238 e. The van der Waals surface area contributed by atoms with E-state index in [2.05, 4.69) is 5.32 Å². The van der Waals surface area contributed by atoms with Gasteiger partial charge in [-0.2, -0.15) is 0 Å². The van der Waals surface area contributed by atoms with E-state index in [0.29, 0.717) is 18.7 Å². The van der Waals surface area contributed by atoms with E-state index in [1.165, 1.54) is 0 Å². The number of likely N-dealkylation sites (N-methyl/N-ethyl adjacent to an activating group) is 1. The number of anilines is 1. The molecular weight excluding hydrogens is 362 g/mol. The summed E-state index contributed by atoms with van der Waals surface area (Å²) in [7, 11) is 7.11. The summed E-state index contributed by atoms with van der Waals surface area (Å²) < 4.78 is 12.0. The average Bonchev–Trinajstić information content (AvgIpc) is 2.98. The fourth-order valence-corrected chi connectivity index (χ4v) is 3.83. The van der Waals surface area contributed by atoms with Crippen molar-refractivity contribution in [3.05, 3.63) is 23.8 Å². The minimum absolute atomic E-state index is 0.00608. The first-order valence-electron chi connectivity index (χ1n) is 9.50. The SMILES string of the molecule is CN(C)CC(=O)Nc1ccc2c(c1)[C@@H]1C[C@@H](CC(=O)N(C)C)O[C@@H](CO)[C@@H]1O2. The highest BCUT2D eigenvalue weighted by molar-refractivity contribution is 5.92. The first-order chi connectivity index (χ1) is 13.3. The van der Waals surface area contributed by atoms with Crippen LogP contribution in [0.2, 0.25) is 0 Å². The van der Waals surface area contributed by atoms with Crippen LogP contribution in [0, 0.1) is 0 Å². The molecule has 0 radical (unpaired) electrons. The number of benzene rings is 1. The number of carbonyl (C=O) groups is 2. The zero-order valence-corrected chi connectivity index (χ0v) is 16.8. The standard InChI is InChI=1S/C20H29N3O5/c1-22(2)10-18(25)21-12-5-6-16-14(7-12)15-8-13(9-19(26)23(3)4)27-17(11-24)20(15)28-16/h5-7,13,15,17,20,24H,8-11H2,1-4H3,(H,21,25)/t13-,15-,17-,20+/m0/s1. The summed E-state index contributed by atoms with van der Waals surface area (Å²) in [4.78, 5) is 27.5. The third-order valence-electron chi connectivity index (χ3n) is 5.14. The van der Waals surface area contributed by atoms with Gasteiger partial charge in [0.1, 0.15) is 18.0 Å². The van der Waals surface area contributed by atoms with Crippen LogP contribution < -0.4 is 10.1 Å². The van der Waals surface area contributed by atoms with E-state index in [0.717, 1.165) is 11.3 Å². The maximum absolute atomic E-state index is 12.1. The van der Waals surface area contributed by atoms with Crippen LogP contribution in [-0.4, -0.2) is 86.4 Å². The molecule has 1 saturated heterocycles.